The first-order chi connectivity index (χ1) is 6.72. The normalized spacial score (nSPS) is 12.9. The number of hydrogen-bond acceptors (Lipinski definition) is 3. The average Bonchev–Trinajstić information content (AvgIpc) is 2.17. The fraction of sp³-hybridized carbons (Fsp3) is 0.600. The highest BCUT2D eigenvalue weighted by Gasteiger charge is 2.09. The molecule has 3 nitrogen and oxygen atoms in total. The van der Waals surface area contributed by atoms with Gasteiger partial charge in [-0.15, -0.1) is 16.7 Å². The maximum atomic E-state index is 5.85. The zero-order chi connectivity index (χ0) is 10.4. The van der Waals surface area contributed by atoms with Gasteiger partial charge in [0.25, 0.3) is 0 Å². The molecule has 1 rings (SSSR count). The monoisotopic (exact) mass is 213 g/mol. The van der Waals surface area contributed by atoms with Crippen molar-refractivity contribution >= 4 is 17.4 Å². The minimum atomic E-state index is 0.272. The van der Waals surface area contributed by atoms with Gasteiger partial charge in [-0.1, -0.05) is 13.8 Å². The van der Waals surface area contributed by atoms with Crippen molar-refractivity contribution in [1.29, 1.82) is 0 Å². The van der Waals surface area contributed by atoms with Crippen LogP contribution in [0.25, 0.3) is 0 Å². The largest absolute Gasteiger partial charge is 0.365 e. The molecule has 1 atom stereocenters. The molecule has 78 valence electrons. The van der Waals surface area contributed by atoms with Crippen LogP contribution in [-0.4, -0.2) is 22.1 Å². The molecule has 0 saturated heterocycles. The van der Waals surface area contributed by atoms with Crippen molar-refractivity contribution < 1.29 is 0 Å². The van der Waals surface area contributed by atoms with Crippen LogP contribution in [-0.2, 0) is 0 Å². The van der Waals surface area contributed by atoms with E-state index in [0.29, 0.717) is 11.8 Å². The summed E-state index contributed by atoms with van der Waals surface area (Å²) in [6.45, 7) is 4.36. The van der Waals surface area contributed by atoms with Crippen LogP contribution in [0.5, 0.6) is 0 Å². The summed E-state index contributed by atoms with van der Waals surface area (Å²) in [6.07, 6.45) is 2.70. The Labute approximate surface area is 89.9 Å². The molecule has 1 unspecified atom stereocenters. The van der Waals surface area contributed by atoms with E-state index in [4.69, 9.17) is 11.6 Å². The van der Waals surface area contributed by atoms with Crippen molar-refractivity contribution in [2.45, 2.75) is 26.3 Å². The van der Waals surface area contributed by atoms with E-state index in [1.165, 1.54) is 0 Å². The molecule has 0 aliphatic rings. The standard InChI is InChI=1S/C10H16ClN3/c1-8(2)6-9(7-11)13-10-4-3-5-12-14-10/h3-5,8-9H,6-7H2,1-2H3,(H,13,14). The number of nitrogens with one attached hydrogen (secondary N) is 1. The van der Waals surface area contributed by atoms with Crippen molar-refractivity contribution in [2.24, 2.45) is 5.92 Å². The van der Waals surface area contributed by atoms with Crippen LogP contribution < -0.4 is 5.32 Å². The van der Waals surface area contributed by atoms with Gasteiger partial charge in [-0.25, -0.2) is 0 Å². The molecular weight excluding hydrogens is 198 g/mol. The van der Waals surface area contributed by atoms with E-state index in [2.05, 4.69) is 29.4 Å². The first-order valence-electron chi connectivity index (χ1n) is 4.82. The Morgan fingerprint density at radius 2 is 2.29 bits per heavy atom. The van der Waals surface area contributed by atoms with E-state index < -0.39 is 0 Å². The molecule has 0 aliphatic carbocycles. The summed E-state index contributed by atoms with van der Waals surface area (Å²) in [5.74, 6) is 2.01. The highest BCUT2D eigenvalue weighted by molar-refractivity contribution is 6.18. The van der Waals surface area contributed by atoms with E-state index >= 15 is 0 Å². The molecule has 14 heavy (non-hydrogen) atoms. The fourth-order valence-corrected chi connectivity index (χ4v) is 1.52. The Hall–Kier alpha value is -0.830. The third-order valence-corrected chi connectivity index (χ3v) is 2.24. The van der Waals surface area contributed by atoms with Crippen LogP contribution in [0.15, 0.2) is 18.3 Å². The molecule has 0 radical (unpaired) electrons. The van der Waals surface area contributed by atoms with Crippen LogP contribution in [0.1, 0.15) is 20.3 Å². The number of anilines is 1. The van der Waals surface area contributed by atoms with E-state index in [1.54, 1.807) is 6.20 Å². The minimum absolute atomic E-state index is 0.272. The Balaban J connectivity index is 2.48. The maximum Gasteiger partial charge on any atom is 0.148 e. The Morgan fingerprint density at radius 3 is 2.79 bits per heavy atom. The molecule has 4 heteroatoms. The summed E-state index contributed by atoms with van der Waals surface area (Å²) >= 11 is 5.85. The number of aromatic nitrogens is 2. The zero-order valence-electron chi connectivity index (χ0n) is 8.57. The van der Waals surface area contributed by atoms with Gasteiger partial charge < -0.3 is 5.32 Å². The summed E-state index contributed by atoms with van der Waals surface area (Å²) in [6, 6.07) is 4.02. The second kappa shape index (κ2) is 5.81. The van der Waals surface area contributed by atoms with E-state index in [0.717, 1.165) is 12.2 Å². The summed E-state index contributed by atoms with van der Waals surface area (Å²) in [7, 11) is 0. The van der Waals surface area contributed by atoms with Crippen molar-refractivity contribution in [3.63, 3.8) is 0 Å². The molecule has 0 fully saturated rings. The van der Waals surface area contributed by atoms with Crippen molar-refractivity contribution in [3.8, 4) is 0 Å². The molecule has 0 amide bonds. The second-order valence-corrected chi connectivity index (χ2v) is 4.04. The quantitative estimate of drug-likeness (QED) is 0.764. The van der Waals surface area contributed by atoms with E-state index in [-0.39, 0.29) is 6.04 Å². The van der Waals surface area contributed by atoms with Gasteiger partial charge in [-0.2, -0.15) is 5.10 Å². The van der Waals surface area contributed by atoms with Gasteiger partial charge in [0, 0.05) is 18.1 Å². The van der Waals surface area contributed by atoms with Gasteiger partial charge in [0.05, 0.1) is 0 Å². The van der Waals surface area contributed by atoms with Gasteiger partial charge in [-0.3, -0.25) is 0 Å². The van der Waals surface area contributed by atoms with Gasteiger partial charge in [0.2, 0.25) is 0 Å². The van der Waals surface area contributed by atoms with E-state index in [1.807, 2.05) is 12.1 Å². The van der Waals surface area contributed by atoms with Gasteiger partial charge in [-0.05, 0) is 24.5 Å². The summed E-state index contributed by atoms with van der Waals surface area (Å²) in [5, 5.41) is 11.0. The summed E-state index contributed by atoms with van der Waals surface area (Å²) in [4.78, 5) is 0. The second-order valence-electron chi connectivity index (χ2n) is 3.73. The lowest BCUT2D eigenvalue weighted by atomic mass is 10.1. The maximum absolute atomic E-state index is 5.85. The highest BCUT2D eigenvalue weighted by atomic mass is 35.5. The van der Waals surface area contributed by atoms with E-state index in [9.17, 15) is 0 Å². The highest BCUT2D eigenvalue weighted by Crippen LogP contribution is 2.11. The molecule has 1 aromatic rings. The van der Waals surface area contributed by atoms with Crippen molar-refractivity contribution in [3.05, 3.63) is 18.3 Å². The van der Waals surface area contributed by atoms with Gasteiger partial charge >= 0.3 is 0 Å². The lowest BCUT2D eigenvalue weighted by molar-refractivity contribution is 0.541. The number of halogens is 1. The molecular formula is C10H16ClN3. The van der Waals surface area contributed by atoms with Crippen LogP contribution in [0.4, 0.5) is 5.82 Å². The third-order valence-electron chi connectivity index (χ3n) is 1.87. The van der Waals surface area contributed by atoms with Crippen molar-refractivity contribution in [1.82, 2.24) is 10.2 Å². The summed E-state index contributed by atoms with van der Waals surface area (Å²) < 4.78 is 0. The lowest BCUT2D eigenvalue weighted by Crippen LogP contribution is -2.23. The van der Waals surface area contributed by atoms with Crippen LogP contribution in [0.2, 0.25) is 0 Å². The Kier molecular flexibility index (Phi) is 4.66. The summed E-state index contributed by atoms with van der Waals surface area (Å²) in [5.41, 5.74) is 0. The lowest BCUT2D eigenvalue weighted by Gasteiger charge is -2.17. The Morgan fingerprint density at radius 1 is 1.50 bits per heavy atom. The number of rotatable bonds is 5. The molecule has 1 N–H and O–H groups in total. The van der Waals surface area contributed by atoms with Gasteiger partial charge in [0.15, 0.2) is 0 Å². The molecule has 0 saturated carbocycles. The molecule has 0 aromatic carbocycles. The number of hydrogen-bond donors (Lipinski definition) is 1. The molecule has 1 aromatic heterocycles. The Bertz CT molecular complexity index is 251. The predicted molar refractivity (Wildman–Crippen MR) is 59.6 cm³/mol. The SMILES string of the molecule is CC(C)CC(CCl)Nc1cccnn1. The number of alkyl halides is 1. The molecule has 0 bridgehead atoms. The van der Waals surface area contributed by atoms with Crippen molar-refractivity contribution in [2.75, 3.05) is 11.2 Å². The first-order valence-corrected chi connectivity index (χ1v) is 5.36. The zero-order valence-corrected chi connectivity index (χ0v) is 9.33. The fourth-order valence-electron chi connectivity index (χ4n) is 1.32. The average molecular weight is 214 g/mol. The van der Waals surface area contributed by atoms with Crippen LogP contribution >= 0.6 is 11.6 Å². The third kappa shape index (κ3) is 3.92. The van der Waals surface area contributed by atoms with Crippen LogP contribution in [0.3, 0.4) is 0 Å². The molecule has 0 aliphatic heterocycles. The topological polar surface area (TPSA) is 37.8 Å². The molecule has 0 spiro atoms. The first kappa shape index (κ1) is 11.2. The predicted octanol–water partition coefficient (Wildman–Crippen LogP) is 2.54. The number of nitrogens with zero attached hydrogens (tertiary/aromatic N) is 2. The smallest absolute Gasteiger partial charge is 0.148 e. The van der Waals surface area contributed by atoms with Crippen LogP contribution in [0, 0.1) is 5.92 Å². The van der Waals surface area contributed by atoms with Gasteiger partial charge in [0.1, 0.15) is 5.82 Å². The molecule has 1 heterocycles. The minimum Gasteiger partial charge on any atom is -0.365 e.